The predicted octanol–water partition coefficient (Wildman–Crippen LogP) is 4.66. The first kappa shape index (κ1) is 32.6. The Bertz CT molecular complexity index is 1640. The van der Waals surface area contributed by atoms with Crippen LogP contribution in [0.2, 0.25) is 18.1 Å². The van der Waals surface area contributed by atoms with Crippen molar-refractivity contribution in [1.29, 1.82) is 0 Å². The van der Waals surface area contributed by atoms with Gasteiger partial charge in [0.15, 0.2) is 8.32 Å². The number of nitrogens with zero attached hydrogens (tertiary/aromatic N) is 2. The van der Waals surface area contributed by atoms with Crippen LogP contribution in [0.15, 0.2) is 42.1 Å². The molecule has 2 amide bonds. The maximum Gasteiger partial charge on any atom is 0.248 e. The molecule has 0 bridgehead atoms. The normalized spacial score (nSPS) is 15.0. The van der Waals surface area contributed by atoms with Gasteiger partial charge < -0.3 is 41.4 Å². The van der Waals surface area contributed by atoms with Crippen LogP contribution in [-0.2, 0) is 11.0 Å². The van der Waals surface area contributed by atoms with E-state index in [-0.39, 0.29) is 16.9 Å². The zero-order valence-electron chi connectivity index (χ0n) is 26.4. The molecular formula is C32H44N6O5Si. The third-order valence-corrected chi connectivity index (χ3v) is 13.1. The van der Waals surface area contributed by atoms with E-state index >= 15 is 0 Å². The Morgan fingerprint density at radius 1 is 1.00 bits per heavy atom. The van der Waals surface area contributed by atoms with E-state index < -0.39 is 20.1 Å². The van der Waals surface area contributed by atoms with Crippen molar-refractivity contribution in [2.24, 2.45) is 17.2 Å². The van der Waals surface area contributed by atoms with Crippen LogP contribution in [0.3, 0.4) is 0 Å². The predicted molar refractivity (Wildman–Crippen MR) is 176 cm³/mol. The highest BCUT2D eigenvalue weighted by Gasteiger charge is 2.36. The molecule has 3 aromatic rings. The molecule has 1 unspecified atom stereocenters. The number of primary amides is 2. The van der Waals surface area contributed by atoms with Gasteiger partial charge in [0.25, 0.3) is 0 Å². The lowest BCUT2D eigenvalue weighted by molar-refractivity contribution is 0.0991. The number of fused-ring (bicyclic) bond motifs is 2. The summed E-state index contributed by atoms with van der Waals surface area (Å²) in [7, 11) is -0.309. The summed E-state index contributed by atoms with van der Waals surface area (Å²) >= 11 is 0. The summed E-state index contributed by atoms with van der Waals surface area (Å²) in [5.74, 6) is 0.0968. The number of imidazole rings is 1. The van der Waals surface area contributed by atoms with Gasteiger partial charge in [-0.25, -0.2) is 4.98 Å². The zero-order chi connectivity index (χ0) is 32.4. The topological polar surface area (TPSA) is 184 Å². The molecule has 0 radical (unpaired) electrons. The van der Waals surface area contributed by atoms with Crippen molar-refractivity contribution in [3.8, 4) is 11.5 Å². The van der Waals surface area contributed by atoms with Gasteiger partial charge >= 0.3 is 0 Å². The van der Waals surface area contributed by atoms with Crippen molar-refractivity contribution in [2.45, 2.75) is 64.2 Å². The molecule has 0 saturated carbocycles. The van der Waals surface area contributed by atoms with Gasteiger partial charge in [-0.05, 0) is 60.5 Å². The minimum atomic E-state index is -1.86. The Morgan fingerprint density at radius 3 is 2.30 bits per heavy atom. The Labute approximate surface area is 259 Å². The monoisotopic (exact) mass is 620 g/mol. The number of hydrogen-bond acceptors (Lipinski definition) is 8. The highest BCUT2D eigenvalue weighted by atomic mass is 28.4. The van der Waals surface area contributed by atoms with Gasteiger partial charge in [-0.1, -0.05) is 32.9 Å². The van der Waals surface area contributed by atoms with Crippen LogP contribution in [0.1, 0.15) is 71.4 Å². The average molecular weight is 621 g/mol. The molecule has 44 heavy (non-hydrogen) atoms. The van der Waals surface area contributed by atoms with Crippen molar-refractivity contribution in [1.82, 2.24) is 9.55 Å². The van der Waals surface area contributed by atoms with Gasteiger partial charge in [-0.3, -0.25) is 9.59 Å². The summed E-state index contributed by atoms with van der Waals surface area (Å²) in [6.45, 7) is 12.4. The number of carbonyl (C=O) groups excluding carboxylic acids is 2. The molecule has 1 aliphatic carbocycles. The first-order chi connectivity index (χ1) is 20.6. The first-order valence-electron chi connectivity index (χ1n) is 14.6. The van der Waals surface area contributed by atoms with Gasteiger partial charge in [0.1, 0.15) is 17.0 Å². The largest absolute Gasteiger partial charge is 0.496 e. The zero-order valence-corrected chi connectivity index (χ0v) is 27.4. The van der Waals surface area contributed by atoms with E-state index in [1.165, 1.54) is 0 Å². The van der Waals surface area contributed by atoms with Crippen molar-refractivity contribution in [3.63, 3.8) is 0 Å². The number of carbonyl (C=O) groups is 2. The molecule has 0 saturated heterocycles. The van der Waals surface area contributed by atoms with E-state index in [9.17, 15) is 9.59 Å². The van der Waals surface area contributed by atoms with Gasteiger partial charge in [0, 0.05) is 47.9 Å². The molecule has 12 heteroatoms. The fourth-order valence-corrected chi connectivity index (χ4v) is 6.12. The van der Waals surface area contributed by atoms with E-state index in [1.54, 1.807) is 31.4 Å². The molecule has 236 valence electrons. The number of methoxy groups -OCH3 is 1. The number of anilines is 1. The van der Waals surface area contributed by atoms with E-state index in [2.05, 4.69) is 38.8 Å². The number of nitrogens with two attached hydrogens (primary N) is 4. The molecule has 11 nitrogen and oxygen atoms in total. The summed E-state index contributed by atoms with van der Waals surface area (Å²) in [5.41, 5.74) is 28.1. The lowest BCUT2D eigenvalue weighted by Crippen LogP contribution is -2.41. The van der Waals surface area contributed by atoms with E-state index in [1.807, 2.05) is 22.8 Å². The number of nitrogen functional groups attached to an aromatic ring is 1. The minimum Gasteiger partial charge on any atom is -0.496 e. The van der Waals surface area contributed by atoms with Gasteiger partial charge in [-0.15, -0.1) is 0 Å². The van der Waals surface area contributed by atoms with Crippen molar-refractivity contribution < 1.29 is 23.5 Å². The van der Waals surface area contributed by atoms with Crippen molar-refractivity contribution in [2.75, 3.05) is 26.1 Å². The fourth-order valence-electron chi connectivity index (χ4n) is 5.03. The van der Waals surface area contributed by atoms with Crippen molar-refractivity contribution >= 4 is 43.2 Å². The molecular weight excluding hydrogens is 576 g/mol. The second-order valence-corrected chi connectivity index (χ2v) is 17.4. The minimum absolute atomic E-state index is 0.122. The molecule has 8 N–H and O–H groups in total. The SMILES string of the molecule is COc1cc(C(N)=O)cc2c1C(C/C=C/Cn1c(N)nc3cc(C(N)=O)cc(OCCCO[Si](C)(C)C(C)(C)C)c31)C(N)=C2. The van der Waals surface area contributed by atoms with Crippen LogP contribution in [-0.4, -0.2) is 50.0 Å². The molecule has 2 aromatic carbocycles. The first-order valence-corrected chi connectivity index (χ1v) is 17.6. The second kappa shape index (κ2) is 12.7. The quantitative estimate of drug-likeness (QED) is 0.121. The number of allylic oxidation sites excluding steroid dienone is 3. The Balaban J connectivity index is 1.51. The number of ether oxygens (including phenoxy) is 2. The fraction of sp³-hybridized carbons (Fsp3) is 0.406. The smallest absolute Gasteiger partial charge is 0.248 e. The Hall–Kier alpha value is -4.29. The van der Waals surface area contributed by atoms with Crippen molar-refractivity contribution in [3.05, 3.63) is 64.4 Å². The maximum absolute atomic E-state index is 12.0. The van der Waals surface area contributed by atoms with Crippen LogP contribution < -0.4 is 32.4 Å². The lowest BCUT2D eigenvalue weighted by atomic mass is 9.93. The molecule has 0 spiro atoms. The molecule has 0 fully saturated rings. The van der Waals surface area contributed by atoms with Crippen LogP contribution in [0.5, 0.6) is 11.5 Å². The molecule has 1 atom stereocenters. The molecule has 1 aromatic heterocycles. The second-order valence-electron chi connectivity index (χ2n) is 12.5. The average Bonchev–Trinajstić information content (AvgIpc) is 3.43. The maximum atomic E-state index is 12.0. The van der Waals surface area contributed by atoms with Crippen LogP contribution in [0.4, 0.5) is 5.95 Å². The van der Waals surface area contributed by atoms with Gasteiger partial charge in [-0.2, -0.15) is 0 Å². The summed E-state index contributed by atoms with van der Waals surface area (Å²) in [4.78, 5) is 28.3. The van der Waals surface area contributed by atoms with E-state index in [0.29, 0.717) is 72.0 Å². The van der Waals surface area contributed by atoms with Crippen LogP contribution >= 0.6 is 0 Å². The molecule has 1 aliphatic rings. The summed E-state index contributed by atoms with van der Waals surface area (Å²) in [6, 6.07) is 6.63. The van der Waals surface area contributed by atoms with Crippen LogP contribution in [0, 0.1) is 0 Å². The number of rotatable bonds is 13. The highest BCUT2D eigenvalue weighted by molar-refractivity contribution is 6.74. The molecule has 1 heterocycles. The standard InChI is InChI=1S/C32H44N6O5Si/c1-32(2,3)44(5,6)43-13-9-12-42-26-18-21(30(35)40)16-24-28(26)38(31(36)37-24)11-8-7-10-22-23(33)15-19-14-20(29(34)39)17-25(41-4)27(19)22/h7-8,14-18,22H,9-13,33H2,1-6H3,(H2,34,39)(H2,35,40)(H2,36,37)/b8-7+. The van der Waals surface area contributed by atoms with Gasteiger partial charge in [0.05, 0.1) is 19.2 Å². The van der Waals surface area contributed by atoms with Gasteiger partial charge in [0.2, 0.25) is 17.8 Å². The summed E-state index contributed by atoms with van der Waals surface area (Å²) in [5, 5.41) is 0.122. The van der Waals surface area contributed by atoms with E-state index in [4.69, 9.17) is 36.8 Å². The lowest BCUT2D eigenvalue weighted by Gasteiger charge is -2.36. The summed E-state index contributed by atoms with van der Waals surface area (Å²) < 4.78 is 19.9. The third-order valence-electron chi connectivity index (χ3n) is 8.51. The number of aromatic nitrogens is 2. The van der Waals surface area contributed by atoms with E-state index in [0.717, 1.165) is 11.1 Å². The number of hydrogen-bond donors (Lipinski definition) is 4. The highest BCUT2D eigenvalue weighted by Crippen LogP contribution is 2.43. The molecule has 4 rings (SSSR count). The summed E-state index contributed by atoms with van der Waals surface area (Å²) in [6.07, 6.45) is 7.12. The number of benzene rings is 2. The molecule has 0 aliphatic heterocycles. The Kier molecular flexibility index (Phi) is 9.45. The van der Waals surface area contributed by atoms with Crippen LogP contribution in [0.25, 0.3) is 17.1 Å². The Morgan fingerprint density at radius 2 is 1.66 bits per heavy atom. The number of amides is 2. The third kappa shape index (κ3) is 6.76.